The predicted octanol–water partition coefficient (Wildman–Crippen LogP) is 0.804. The Bertz CT molecular complexity index is 347. The summed E-state index contributed by atoms with van der Waals surface area (Å²) < 4.78 is 0. The molecule has 1 aliphatic rings. The maximum Gasteiger partial charge on any atom is 0.253 e. The first kappa shape index (κ1) is 8.99. The molecule has 1 aromatic heterocycles. The van der Waals surface area contributed by atoms with E-state index in [1.807, 2.05) is 0 Å². The molecule has 14 heavy (non-hydrogen) atoms. The van der Waals surface area contributed by atoms with Crippen LogP contribution in [0.15, 0.2) is 18.5 Å². The highest BCUT2D eigenvalue weighted by Crippen LogP contribution is 2.27. The van der Waals surface area contributed by atoms with Gasteiger partial charge in [-0.05, 0) is 24.8 Å². The molecule has 1 saturated carbocycles. The number of nitrogen functional groups attached to an aromatic ring is 1. The lowest BCUT2D eigenvalue weighted by Gasteiger charge is -2.05. The number of amides is 1. The summed E-state index contributed by atoms with van der Waals surface area (Å²) in [6.07, 6.45) is 5.52. The van der Waals surface area contributed by atoms with Gasteiger partial charge in [0.1, 0.15) is 0 Å². The van der Waals surface area contributed by atoms with Crippen LogP contribution in [0.25, 0.3) is 0 Å². The standard InChI is InChI=1S/C10H13N3O/c11-9-6-12-4-3-8(9)10(14)13-5-7-1-2-7/h3-4,6-7H,1-2,5,11H2,(H,13,14). The number of nitrogens with one attached hydrogen (secondary N) is 1. The number of nitrogens with zero attached hydrogens (tertiary/aromatic N) is 1. The number of carbonyl (C=O) groups is 1. The number of rotatable bonds is 3. The van der Waals surface area contributed by atoms with E-state index >= 15 is 0 Å². The predicted molar refractivity (Wildman–Crippen MR) is 53.7 cm³/mol. The molecule has 0 radical (unpaired) electrons. The minimum Gasteiger partial charge on any atom is -0.397 e. The summed E-state index contributed by atoms with van der Waals surface area (Å²) in [6, 6.07) is 1.64. The Kier molecular flexibility index (Phi) is 2.35. The van der Waals surface area contributed by atoms with E-state index in [1.54, 1.807) is 12.3 Å². The Morgan fingerprint density at radius 1 is 1.64 bits per heavy atom. The van der Waals surface area contributed by atoms with E-state index in [0.717, 1.165) is 6.54 Å². The van der Waals surface area contributed by atoms with E-state index in [4.69, 9.17) is 5.73 Å². The summed E-state index contributed by atoms with van der Waals surface area (Å²) in [6.45, 7) is 0.764. The number of carbonyl (C=O) groups excluding carboxylic acids is 1. The molecule has 0 bridgehead atoms. The van der Waals surface area contributed by atoms with E-state index in [9.17, 15) is 4.79 Å². The molecular weight excluding hydrogens is 178 g/mol. The highest BCUT2D eigenvalue weighted by molar-refractivity contribution is 5.98. The van der Waals surface area contributed by atoms with Gasteiger partial charge in [0.2, 0.25) is 0 Å². The Labute approximate surface area is 82.5 Å². The van der Waals surface area contributed by atoms with E-state index in [-0.39, 0.29) is 5.91 Å². The first-order chi connectivity index (χ1) is 6.77. The Balaban J connectivity index is 1.98. The largest absolute Gasteiger partial charge is 0.397 e. The molecule has 3 N–H and O–H groups in total. The van der Waals surface area contributed by atoms with Gasteiger partial charge in [-0.15, -0.1) is 0 Å². The van der Waals surface area contributed by atoms with Gasteiger partial charge in [0.15, 0.2) is 0 Å². The maximum absolute atomic E-state index is 11.6. The van der Waals surface area contributed by atoms with Crippen LogP contribution in [-0.2, 0) is 0 Å². The van der Waals surface area contributed by atoms with Crippen molar-refractivity contribution in [3.8, 4) is 0 Å². The van der Waals surface area contributed by atoms with Crippen molar-refractivity contribution in [2.24, 2.45) is 5.92 Å². The molecule has 1 fully saturated rings. The molecule has 1 aromatic rings. The summed E-state index contributed by atoms with van der Waals surface area (Å²) >= 11 is 0. The normalized spacial score (nSPS) is 15.1. The van der Waals surface area contributed by atoms with E-state index in [0.29, 0.717) is 17.2 Å². The lowest BCUT2D eigenvalue weighted by Crippen LogP contribution is -2.26. The average Bonchev–Trinajstić information content (AvgIpc) is 2.98. The van der Waals surface area contributed by atoms with Crippen LogP contribution in [-0.4, -0.2) is 17.4 Å². The average molecular weight is 191 g/mol. The highest BCUT2D eigenvalue weighted by Gasteiger charge is 2.22. The molecule has 0 unspecified atom stereocenters. The first-order valence-electron chi connectivity index (χ1n) is 4.75. The molecule has 1 amide bonds. The summed E-state index contributed by atoms with van der Waals surface area (Å²) in [5, 5.41) is 2.86. The van der Waals surface area contributed by atoms with Gasteiger partial charge in [0.25, 0.3) is 5.91 Å². The zero-order chi connectivity index (χ0) is 9.97. The molecule has 0 atom stereocenters. The monoisotopic (exact) mass is 191 g/mol. The topological polar surface area (TPSA) is 68.0 Å². The zero-order valence-corrected chi connectivity index (χ0v) is 7.86. The van der Waals surface area contributed by atoms with Gasteiger partial charge in [-0.2, -0.15) is 0 Å². The van der Waals surface area contributed by atoms with Gasteiger partial charge in [0.05, 0.1) is 17.4 Å². The first-order valence-corrected chi connectivity index (χ1v) is 4.75. The van der Waals surface area contributed by atoms with E-state index in [2.05, 4.69) is 10.3 Å². The van der Waals surface area contributed by atoms with Gasteiger partial charge in [-0.1, -0.05) is 0 Å². The van der Waals surface area contributed by atoms with Crippen LogP contribution in [0.4, 0.5) is 5.69 Å². The smallest absolute Gasteiger partial charge is 0.253 e. The van der Waals surface area contributed by atoms with Crippen LogP contribution in [0.5, 0.6) is 0 Å². The number of aromatic nitrogens is 1. The van der Waals surface area contributed by atoms with E-state index < -0.39 is 0 Å². The van der Waals surface area contributed by atoms with Gasteiger partial charge < -0.3 is 11.1 Å². The molecule has 4 nitrogen and oxygen atoms in total. The molecular formula is C10H13N3O. The van der Waals surface area contributed by atoms with Crippen molar-refractivity contribution in [2.45, 2.75) is 12.8 Å². The van der Waals surface area contributed by atoms with E-state index in [1.165, 1.54) is 19.0 Å². The van der Waals surface area contributed by atoms with Gasteiger partial charge >= 0.3 is 0 Å². The van der Waals surface area contributed by atoms with Gasteiger partial charge in [-0.3, -0.25) is 9.78 Å². The second-order valence-corrected chi connectivity index (χ2v) is 3.62. The summed E-state index contributed by atoms with van der Waals surface area (Å²) in [5.74, 6) is 0.582. The Morgan fingerprint density at radius 3 is 3.07 bits per heavy atom. The van der Waals surface area contributed by atoms with Gasteiger partial charge in [-0.25, -0.2) is 0 Å². The van der Waals surface area contributed by atoms with Crippen LogP contribution >= 0.6 is 0 Å². The van der Waals surface area contributed by atoms with Crippen LogP contribution in [0.2, 0.25) is 0 Å². The minimum atomic E-state index is -0.100. The van der Waals surface area contributed by atoms with Gasteiger partial charge in [0, 0.05) is 12.7 Å². The molecule has 1 aliphatic carbocycles. The van der Waals surface area contributed by atoms with Crippen LogP contribution in [0, 0.1) is 5.92 Å². The Morgan fingerprint density at radius 2 is 2.43 bits per heavy atom. The number of hydrogen-bond donors (Lipinski definition) is 2. The molecule has 0 spiro atoms. The number of anilines is 1. The molecule has 74 valence electrons. The molecule has 0 saturated heterocycles. The van der Waals surface area contributed by atoms with Crippen molar-refractivity contribution in [1.29, 1.82) is 0 Å². The van der Waals surface area contributed by atoms with Crippen LogP contribution in [0.1, 0.15) is 23.2 Å². The fourth-order valence-corrected chi connectivity index (χ4v) is 1.27. The number of pyridine rings is 1. The molecule has 1 heterocycles. The van der Waals surface area contributed by atoms with Crippen molar-refractivity contribution in [1.82, 2.24) is 10.3 Å². The van der Waals surface area contributed by atoms with Crippen molar-refractivity contribution in [2.75, 3.05) is 12.3 Å². The fourth-order valence-electron chi connectivity index (χ4n) is 1.27. The highest BCUT2D eigenvalue weighted by atomic mass is 16.1. The summed E-state index contributed by atoms with van der Waals surface area (Å²) in [5.41, 5.74) is 6.57. The molecule has 2 rings (SSSR count). The number of nitrogens with two attached hydrogens (primary N) is 1. The van der Waals surface area contributed by atoms with Crippen molar-refractivity contribution in [3.63, 3.8) is 0 Å². The van der Waals surface area contributed by atoms with Crippen molar-refractivity contribution < 1.29 is 4.79 Å². The lowest BCUT2D eigenvalue weighted by atomic mass is 10.2. The maximum atomic E-state index is 11.6. The molecule has 0 aromatic carbocycles. The zero-order valence-electron chi connectivity index (χ0n) is 7.86. The summed E-state index contributed by atoms with van der Waals surface area (Å²) in [4.78, 5) is 15.4. The third kappa shape index (κ3) is 2.02. The fraction of sp³-hybridized carbons (Fsp3) is 0.400. The minimum absolute atomic E-state index is 0.100. The SMILES string of the molecule is Nc1cnccc1C(=O)NCC1CC1. The number of hydrogen-bond acceptors (Lipinski definition) is 3. The van der Waals surface area contributed by atoms with Crippen LogP contribution < -0.4 is 11.1 Å². The van der Waals surface area contributed by atoms with Crippen LogP contribution in [0.3, 0.4) is 0 Å². The van der Waals surface area contributed by atoms with Crippen molar-refractivity contribution >= 4 is 11.6 Å². The molecule has 0 aliphatic heterocycles. The second-order valence-electron chi connectivity index (χ2n) is 3.62. The summed E-state index contributed by atoms with van der Waals surface area (Å²) in [7, 11) is 0. The Hall–Kier alpha value is -1.58. The lowest BCUT2D eigenvalue weighted by molar-refractivity contribution is 0.0952. The molecule has 4 heteroatoms. The van der Waals surface area contributed by atoms with Crippen molar-refractivity contribution in [3.05, 3.63) is 24.0 Å². The third-order valence-corrected chi connectivity index (χ3v) is 2.34. The quantitative estimate of drug-likeness (QED) is 0.742. The third-order valence-electron chi connectivity index (χ3n) is 2.34. The second kappa shape index (κ2) is 3.65.